The molecule has 0 aliphatic heterocycles. The fourth-order valence-corrected chi connectivity index (χ4v) is 3.14. The van der Waals surface area contributed by atoms with Crippen molar-refractivity contribution in [3.8, 4) is 0 Å². The van der Waals surface area contributed by atoms with Gasteiger partial charge in [0.2, 0.25) is 5.91 Å². The van der Waals surface area contributed by atoms with E-state index in [1.165, 1.54) is 0 Å². The zero-order chi connectivity index (χ0) is 16.4. The number of nitrogens with zero attached hydrogens (tertiary/aromatic N) is 2. The van der Waals surface area contributed by atoms with E-state index in [0.717, 1.165) is 29.3 Å². The van der Waals surface area contributed by atoms with Crippen LogP contribution in [0.1, 0.15) is 24.4 Å². The number of rotatable bonds is 5. The van der Waals surface area contributed by atoms with Crippen LogP contribution in [0.25, 0.3) is 10.9 Å². The van der Waals surface area contributed by atoms with Crippen LogP contribution in [-0.4, -0.2) is 47.6 Å². The van der Waals surface area contributed by atoms with E-state index in [1.54, 1.807) is 0 Å². The Kier molecular flexibility index (Phi) is 4.59. The molecule has 0 saturated heterocycles. The third-order valence-electron chi connectivity index (χ3n) is 4.37. The molecule has 1 aromatic heterocycles. The summed E-state index contributed by atoms with van der Waals surface area (Å²) in [5.41, 5.74) is 1.95. The van der Waals surface area contributed by atoms with E-state index in [0.29, 0.717) is 6.54 Å². The summed E-state index contributed by atoms with van der Waals surface area (Å²) >= 11 is 0. The molecule has 1 atom stereocenters. The first-order valence-electron chi connectivity index (χ1n) is 8.00. The standard InChI is InChI=1S/C18H23N3O2/c1-21(2)11-17(23)20-18(13-8-15(22)9-13)14-7-12-5-3-4-6-16(12)19-10-14/h3-7,10,13,15,18,22H,8-9,11H2,1-2H3,(H,20,23). The molecule has 1 fully saturated rings. The molecule has 5 heteroatoms. The molecule has 1 heterocycles. The lowest BCUT2D eigenvalue weighted by molar-refractivity contribution is -0.123. The van der Waals surface area contributed by atoms with Crippen molar-refractivity contribution >= 4 is 16.8 Å². The molecule has 0 bridgehead atoms. The molecular formula is C18H23N3O2. The average molecular weight is 313 g/mol. The molecule has 1 aliphatic carbocycles. The van der Waals surface area contributed by atoms with Crippen LogP contribution in [0, 0.1) is 5.92 Å². The van der Waals surface area contributed by atoms with Crippen molar-refractivity contribution in [1.82, 2.24) is 15.2 Å². The van der Waals surface area contributed by atoms with Gasteiger partial charge in [0.1, 0.15) is 0 Å². The maximum atomic E-state index is 12.2. The zero-order valence-corrected chi connectivity index (χ0v) is 13.6. The number of aromatic nitrogens is 1. The molecule has 122 valence electrons. The predicted octanol–water partition coefficient (Wildman–Crippen LogP) is 1.72. The van der Waals surface area contributed by atoms with Crippen molar-refractivity contribution in [3.05, 3.63) is 42.1 Å². The number of pyridine rings is 1. The number of aliphatic hydroxyl groups excluding tert-OH is 1. The quantitative estimate of drug-likeness (QED) is 0.882. The van der Waals surface area contributed by atoms with E-state index in [-0.39, 0.29) is 24.0 Å². The van der Waals surface area contributed by atoms with Crippen LogP contribution in [-0.2, 0) is 4.79 Å². The van der Waals surface area contributed by atoms with Gasteiger partial charge in [-0.15, -0.1) is 0 Å². The second-order valence-electron chi connectivity index (χ2n) is 6.63. The number of nitrogens with one attached hydrogen (secondary N) is 1. The van der Waals surface area contributed by atoms with Crippen LogP contribution >= 0.6 is 0 Å². The Morgan fingerprint density at radius 2 is 2.13 bits per heavy atom. The molecule has 1 saturated carbocycles. The summed E-state index contributed by atoms with van der Waals surface area (Å²) < 4.78 is 0. The molecule has 0 radical (unpaired) electrons. The number of hydrogen-bond donors (Lipinski definition) is 2. The SMILES string of the molecule is CN(C)CC(=O)NC(c1cnc2ccccc2c1)C1CC(O)C1. The van der Waals surface area contributed by atoms with Gasteiger partial charge in [-0.25, -0.2) is 0 Å². The Hall–Kier alpha value is -1.98. The summed E-state index contributed by atoms with van der Waals surface area (Å²) in [6, 6.07) is 9.95. The number of fused-ring (bicyclic) bond motifs is 1. The molecule has 0 spiro atoms. The minimum absolute atomic E-state index is 0.00505. The molecule has 5 nitrogen and oxygen atoms in total. The van der Waals surface area contributed by atoms with Gasteiger partial charge in [0.05, 0.1) is 24.2 Å². The highest BCUT2D eigenvalue weighted by Gasteiger charge is 2.35. The van der Waals surface area contributed by atoms with Crippen LogP contribution in [0.3, 0.4) is 0 Å². The topological polar surface area (TPSA) is 65.5 Å². The minimum atomic E-state index is -0.248. The lowest BCUT2D eigenvalue weighted by atomic mass is 9.75. The summed E-state index contributed by atoms with van der Waals surface area (Å²) in [6.45, 7) is 0.354. The van der Waals surface area contributed by atoms with Gasteiger partial charge in [-0.05, 0) is 50.6 Å². The van der Waals surface area contributed by atoms with Crippen molar-refractivity contribution in [2.75, 3.05) is 20.6 Å². The second-order valence-corrected chi connectivity index (χ2v) is 6.63. The van der Waals surface area contributed by atoms with Crippen LogP contribution in [0.5, 0.6) is 0 Å². The van der Waals surface area contributed by atoms with E-state index in [9.17, 15) is 9.90 Å². The van der Waals surface area contributed by atoms with Gasteiger partial charge in [-0.2, -0.15) is 0 Å². The number of benzene rings is 1. The first kappa shape index (κ1) is 15.9. The highest BCUT2D eigenvalue weighted by molar-refractivity contribution is 5.80. The molecule has 1 aromatic carbocycles. The molecular weight excluding hydrogens is 290 g/mol. The van der Waals surface area contributed by atoms with Gasteiger partial charge >= 0.3 is 0 Å². The number of aliphatic hydroxyl groups is 1. The van der Waals surface area contributed by atoms with E-state index >= 15 is 0 Å². The smallest absolute Gasteiger partial charge is 0.234 e. The van der Waals surface area contributed by atoms with E-state index in [2.05, 4.69) is 16.4 Å². The van der Waals surface area contributed by atoms with E-state index < -0.39 is 0 Å². The van der Waals surface area contributed by atoms with Crippen molar-refractivity contribution in [2.45, 2.75) is 25.0 Å². The summed E-state index contributed by atoms with van der Waals surface area (Å²) in [7, 11) is 3.75. The number of carbonyl (C=O) groups is 1. The van der Waals surface area contributed by atoms with Gasteiger partial charge in [0, 0.05) is 11.6 Å². The molecule has 1 aliphatic rings. The Morgan fingerprint density at radius 1 is 1.39 bits per heavy atom. The van der Waals surface area contributed by atoms with Crippen LogP contribution in [0.4, 0.5) is 0 Å². The van der Waals surface area contributed by atoms with Gasteiger partial charge < -0.3 is 15.3 Å². The zero-order valence-electron chi connectivity index (χ0n) is 13.6. The molecule has 2 N–H and O–H groups in total. The fourth-order valence-electron chi connectivity index (χ4n) is 3.14. The summed E-state index contributed by atoms with van der Waals surface area (Å²) in [5.74, 6) is 0.258. The minimum Gasteiger partial charge on any atom is -0.393 e. The summed E-state index contributed by atoms with van der Waals surface area (Å²) in [5, 5.41) is 13.8. The fraction of sp³-hybridized carbons (Fsp3) is 0.444. The molecule has 23 heavy (non-hydrogen) atoms. The largest absolute Gasteiger partial charge is 0.393 e. The van der Waals surface area contributed by atoms with Gasteiger partial charge in [0.15, 0.2) is 0 Å². The van der Waals surface area contributed by atoms with Gasteiger partial charge in [-0.1, -0.05) is 18.2 Å². The maximum absolute atomic E-state index is 12.2. The highest BCUT2D eigenvalue weighted by atomic mass is 16.3. The van der Waals surface area contributed by atoms with Crippen LogP contribution in [0.15, 0.2) is 36.5 Å². The van der Waals surface area contributed by atoms with Gasteiger partial charge in [0.25, 0.3) is 0 Å². The first-order chi connectivity index (χ1) is 11.0. The number of amides is 1. The van der Waals surface area contributed by atoms with Crippen molar-refractivity contribution in [2.24, 2.45) is 5.92 Å². The normalized spacial score (nSPS) is 21.9. The number of para-hydroxylation sites is 1. The van der Waals surface area contributed by atoms with E-state index in [4.69, 9.17) is 0 Å². The Labute approximate surface area is 136 Å². The second kappa shape index (κ2) is 6.64. The van der Waals surface area contributed by atoms with Crippen molar-refractivity contribution < 1.29 is 9.90 Å². The monoisotopic (exact) mass is 313 g/mol. The van der Waals surface area contributed by atoms with Crippen LogP contribution in [0.2, 0.25) is 0 Å². The lowest BCUT2D eigenvalue weighted by Gasteiger charge is -2.38. The maximum Gasteiger partial charge on any atom is 0.234 e. The summed E-state index contributed by atoms with van der Waals surface area (Å²) in [6.07, 6.45) is 3.04. The summed E-state index contributed by atoms with van der Waals surface area (Å²) in [4.78, 5) is 18.5. The number of likely N-dealkylation sites (N-methyl/N-ethyl adjacent to an activating group) is 1. The molecule has 3 rings (SSSR count). The number of carbonyl (C=O) groups excluding carboxylic acids is 1. The predicted molar refractivity (Wildman–Crippen MR) is 89.9 cm³/mol. The first-order valence-corrected chi connectivity index (χ1v) is 8.00. The lowest BCUT2D eigenvalue weighted by Crippen LogP contribution is -2.43. The molecule has 1 amide bonds. The average Bonchev–Trinajstić information content (AvgIpc) is 2.48. The van der Waals surface area contributed by atoms with Gasteiger partial charge in [-0.3, -0.25) is 9.78 Å². The number of hydrogen-bond acceptors (Lipinski definition) is 4. The van der Waals surface area contributed by atoms with Crippen molar-refractivity contribution in [1.29, 1.82) is 0 Å². The van der Waals surface area contributed by atoms with E-state index in [1.807, 2.05) is 49.5 Å². The Morgan fingerprint density at radius 3 is 2.83 bits per heavy atom. The third-order valence-corrected chi connectivity index (χ3v) is 4.37. The highest BCUT2D eigenvalue weighted by Crippen LogP contribution is 2.38. The Balaban J connectivity index is 1.85. The molecule has 1 unspecified atom stereocenters. The van der Waals surface area contributed by atoms with Crippen LogP contribution < -0.4 is 5.32 Å². The Bertz CT molecular complexity index is 695. The third kappa shape index (κ3) is 3.68. The van der Waals surface area contributed by atoms with Crippen molar-refractivity contribution in [3.63, 3.8) is 0 Å². The molecule has 2 aromatic rings.